The molecule has 0 N–H and O–H groups in total. The zero-order valence-electron chi connectivity index (χ0n) is 13.7. The standard InChI is InChI=1S/C17H21N5O/c1-4-15-14(17(23)21(5-2)12-13(3)10-18)11-20-22(15)16-8-6-7-9-19-16/h6-9,11,13H,4-5,12H2,1-3H3/t13-/m0/s1. The lowest BCUT2D eigenvalue weighted by atomic mass is 10.1. The quantitative estimate of drug-likeness (QED) is 0.821. The van der Waals surface area contributed by atoms with Crippen LogP contribution >= 0.6 is 0 Å². The van der Waals surface area contributed by atoms with Gasteiger partial charge >= 0.3 is 0 Å². The van der Waals surface area contributed by atoms with Crippen molar-refractivity contribution in [3.05, 3.63) is 41.9 Å². The van der Waals surface area contributed by atoms with Crippen molar-refractivity contribution in [2.24, 2.45) is 5.92 Å². The van der Waals surface area contributed by atoms with Crippen LogP contribution in [0.25, 0.3) is 5.82 Å². The van der Waals surface area contributed by atoms with Crippen LogP contribution in [-0.2, 0) is 6.42 Å². The number of hydrogen-bond donors (Lipinski definition) is 0. The summed E-state index contributed by atoms with van der Waals surface area (Å²) in [7, 11) is 0. The third-order valence-electron chi connectivity index (χ3n) is 3.68. The average Bonchev–Trinajstić information content (AvgIpc) is 3.03. The molecule has 6 heteroatoms. The summed E-state index contributed by atoms with van der Waals surface area (Å²) in [5, 5.41) is 13.3. The molecule has 2 heterocycles. The molecule has 0 saturated carbocycles. The van der Waals surface area contributed by atoms with Crippen LogP contribution in [0.4, 0.5) is 0 Å². The maximum absolute atomic E-state index is 12.8. The van der Waals surface area contributed by atoms with Gasteiger partial charge in [0.05, 0.1) is 29.4 Å². The maximum Gasteiger partial charge on any atom is 0.257 e. The number of nitrogens with zero attached hydrogens (tertiary/aromatic N) is 5. The van der Waals surface area contributed by atoms with Crippen LogP contribution in [0.5, 0.6) is 0 Å². The van der Waals surface area contributed by atoms with Gasteiger partial charge in [-0.25, -0.2) is 9.67 Å². The minimum atomic E-state index is -0.199. The molecule has 2 aromatic heterocycles. The molecule has 0 aliphatic heterocycles. The maximum atomic E-state index is 12.8. The number of pyridine rings is 1. The summed E-state index contributed by atoms with van der Waals surface area (Å²) in [5.41, 5.74) is 1.40. The van der Waals surface area contributed by atoms with E-state index in [1.165, 1.54) is 0 Å². The van der Waals surface area contributed by atoms with Crippen LogP contribution in [-0.4, -0.2) is 38.7 Å². The summed E-state index contributed by atoms with van der Waals surface area (Å²) < 4.78 is 1.70. The number of hydrogen-bond acceptors (Lipinski definition) is 4. The van der Waals surface area contributed by atoms with E-state index in [0.717, 1.165) is 5.69 Å². The predicted octanol–water partition coefficient (Wildman–Crippen LogP) is 2.45. The first kappa shape index (κ1) is 16.7. The van der Waals surface area contributed by atoms with Crippen molar-refractivity contribution in [2.45, 2.75) is 27.2 Å². The molecule has 0 unspecified atom stereocenters. The van der Waals surface area contributed by atoms with E-state index in [0.29, 0.717) is 30.9 Å². The Hall–Kier alpha value is -2.68. The highest BCUT2D eigenvalue weighted by molar-refractivity contribution is 5.95. The molecule has 0 spiro atoms. The lowest BCUT2D eigenvalue weighted by Crippen LogP contribution is -2.34. The first-order chi connectivity index (χ1) is 11.1. The van der Waals surface area contributed by atoms with Crippen LogP contribution < -0.4 is 0 Å². The summed E-state index contributed by atoms with van der Waals surface area (Å²) >= 11 is 0. The third-order valence-corrected chi connectivity index (χ3v) is 3.68. The molecule has 2 aromatic rings. The minimum Gasteiger partial charge on any atom is -0.338 e. The molecule has 0 fully saturated rings. The van der Waals surface area contributed by atoms with Gasteiger partial charge in [0.15, 0.2) is 5.82 Å². The Labute approximate surface area is 136 Å². The fourth-order valence-electron chi connectivity index (χ4n) is 2.47. The molecule has 0 bridgehead atoms. The molecule has 0 aromatic carbocycles. The van der Waals surface area contributed by atoms with Crippen molar-refractivity contribution in [2.75, 3.05) is 13.1 Å². The van der Waals surface area contributed by atoms with Crippen molar-refractivity contribution in [1.82, 2.24) is 19.7 Å². The summed E-state index contributed by atoms with van der Waals surface area (Å²) in [5.74, 6) is 0.403. The second kappa shape index (κ2) is 7.54. The van der Waals surface area contributed by atoms with Gasteiger partial charge in [-0.2, -0.15) is 10.4 Å². The lowest BCUT2D eigenvalue weighted by molar-refractivity contribution is 0.0751. The minimum absolute atomic E-state index is 0.0892. The highest BCUT2D eigenvalue weighted by atomic mass is 16.2. The second-order valence-electron chi connectivity index (χ2n) is 5.33. The summed E-state index contributed by atoms with van der Waals surface area (Å²) in [6, 6.07) is 7.75. The van der Waals surface area contributed by atoms with Gasteiger partial charge in [0.1, 0.15) is 0 Å². The Morgan fingerprint density at radius 2 is 2.22 bits per heavy atom. The van der Waals surface area contributed by atoms with Crippen molar-refractivity contribution in [1.29, 1.82) is 5.26 Å². The highest BCUT2D eigenvalue weighted by Gasteiger charge is 2.23. The van der Waals surface area contributed by atoms with Crippen molar-refractivity contribution >= 4 is 5.91 Å². The molecule has 23 heavy (non-hydrogen) atoms. The van der Waals surface area contributed by atoms with Crippen LogP contribution in [0.15, 0.2) is 30.6 Å². The van der Waals surface area contributed by atoms with Gasteiger partial charge in [0.25, 0.3) is 5.91 Å². The molecule has 1 amide bonds. The number of carbonyl (C=O) groups excluding carboxylic acids is 1. The zero-order valence-corrected chi connectivity index (χ0v) is 13.7. The molecule has 0 saturated heterocycles. The molecule has 0 radical (unpaired) electrons. The summed E-state index contributed by atoms with van der Waals surface area (Å²) in [6.45, 7) is 6.69. The van der Waals surface area contributed by atoms with Gasteiger partial charge in [0, 0.05) is 19.3 Å². The Bertz CT molecular complexity index is 702. The van der Waals surface area contributed by atoms with E-state index in [2.05, 4.69) is 16.2 Å². The molecule has 6 nitrogen and oxygen atoms in total. The average molecular weight is 311 g/mol. The van der Waals surface area contributed by atoms with Gasteiger partial charge in [-0.05, 0) is 32.4 Å². The Balaban J connectivity index is 2.35. The van der Waals surface area contributed by atoms with Crippen molar-refractivity contribution < 1.29 is 4.79 Å². The largest absolute Gasteiger partial charge is 0.338 e. The van der Waals surface area contributed by atoms with E-state index in [9.17, 15) is 4.79 Å². The van der Waals surface area contributed by atoms with Crippen LogP contribution in [0.2, 0.25) is 0 Å². The first-order valence-corrected chi connectivity index (χ1v) is 7.79. The van der Waals surface area contributed by atoms with E-state index in [1.54, 1.807) is 22.0 Å². The number of aromatic nitrogens is 3. The van der Waals surface area contributed by atoms with E-state index in [4.69, 9.17) is 5.26 Å². The van der Waals surface area contributed by atoms with E-state index < -0.39 is 0 Å². The molecule has 1 atom stereocenters. The van der Waals surface area contributed by atoms with E-state index in [-0.39, 0.29) is 11.8 Å². The Morgan fingerprint density at radius 3 is 2.78 bits per heavy atom. The molecule has 0 aliphatic carbocycles. The van der Waals surface area contributed by atoms with Crippen LogP contribution in [0.3, 0.4) is 0 Å². The van der Waals surface area contributed by atoms with E-state index in [1.807, 2.05) is 39.0 Å². The van der Waals surface area contributed by atoms with Gasteiger partial charge in [-0.3, -0.25) is 4.79 Å². The number of amides is 1. The number of rotatable bonds is 6. The molecule has 2 rings (SSSR count). The summed E-state index contributed by atoms with van der Waals surface area (Å²) in [6.07, 6.45) is 3.96. The fourth-order valence-corrected chi connectivity index (χ4v) is 2.47. The molecule has 0 aliphatic rings. The van der Waals surface area contributed by atoms with Gasteiger partial charge in [-0.15, -0.1) is 0 Å². The number of nitriles is 1. The van der Waals surface area contributed by atoms with E-state index >= 15 is 0 Å². The lowest BCUT2D eigenvalue weighted by Gasteiger charge is -2.22. The van der Waals surface area contributed by atoms with Crippen molar-refractivity contribution in [3.63, 3.8) is 0 Å². The molecular formula is C17H21N5O. The summed E-state index contributed by atoms with van der Waals surface area (Å²) in [4.78, 5) is 18.8. The van der Waals surface area contributed by atoms with Gasteiger partial charge in [0.2, 0.25) is 0 Å². The van der Waals surface area contributed by atoms with Crippen molar-refractivity contribution in [3.8, 4) is 11.9 Å². The normalized spacial score (nSPS) is 11.7. The van der Waals surface area contributed by atoms with Gasteiger partial charge in [-0.1, -0.05) is 13.0 Å². The second-order valence-corrected chi connectivity index (χ2v) is 5.33. The smallest absolute Gasteiger partial charge is 0.257 e. The SMILES string of the molecule is CCc1c(C(=O)N(CC)C[C@@H](C)C#N)cnn1-c1ccccn1. The topological polar surface area (TPSA) is 74.8 Å². The Morgan fingerprint density at radius 1 is 1.43 bits per heavy atom. The fraction of sp³-hybridized carbons (Fsp3) is 0.412. The number of carbonyl (C=O) groups is 1. The predicted molar refractivity (Wildman–Crippen MR) is 87.1 cm³/mol. The van der Waals surface area contributed by atoms with Crippen LogP contribution in [0.1, 0.15) is 36.8 Å². The van der Waals surface area contributed by atoms with Crippen LogP contribution in [0, 0.1) is 17.2 Å². The first-order valence-electron chi connectivity index (χ1n) is 7.79. The highest BCUT2D eigenvalue weighted by Crippen LogP contribution is 2.17. The van der Waals surface area contributed by atoms with Gasteiger partial charge < -0.3 is 4.90 Å². The monoisotopic (exact) mass is 311 g/mol. The third kappa shape index (κ3) is 3.57. The molecular weight excluding hydrogens is 290 g/mol. The molecule has 120 valence electrons. The zero-order chi connectivity index (χ0) is 16.8. The Kier molecular flexibility index (Phi) is 5.47.